The molecular weight excluding hydrogens is 364 g/mol. The Hall–Kier alpha value is -2.16. The number of hydrogen-bond acceptors (Lipinski definition) is 5. The third kappa shape index (κ3) is 5.67. The Morgan fingerprint density at radius 1 is 1.07 bits per heavy atom. The summed E-state index contributed by atoms with van der Waals surface area (Å²) in [6.45, 7) is 8.74. The van der Waals surface area contributed by atoms with E-state index in [1.54, 1.807) is 0 Å². The van der Waals surface area contributed by atoms with E-state index in [0.717, 1.165) is 0 Å². The Morgan fingerprint density at radius 2 is 1.71 bits per heavy atom. The van der Waals surface area contributed by atoms with Gasteiger partial charge in [-0.15, -0.1) is 0 Å². The average molecular weight is 396 g/mol. The van der Waals surface area contributed by atoms with Gasteiger partial charge in [-0.2, -0.15) is 0 Å². The van der Waals surface area contributed by atoms with Gasteiger partial charge in [0, 0.05) is 13.1 Å². The highest BCUT2D eigenvalue weighted by atomic mass is 16.4. The van der Waals surface area contributed by atoms with Crippen LogP contribution in [0.2, 0.25) is 0 Å². The zero-order chi connectivity index (χ0) is 21.0. The zero-order valence-electron chi connectivity index (χ0n) is 17.0. The molecule has 2 aliphatic rings. The van der Waals surface area contributed by atoms with Crippen LogP contribution >= 0.6 is 0 Å². The van der Waals surface area contributed by atoms with Crippen LogP contribution in [-0.4, -0.2) is 71.0 Å². The van der Waals surface area contributed by atoms with E-state index in [1.165, 1.54) is 4.90 Å². The lowest BCUT2D eigenvalue weighted by molar-refractivity contribution is -0.149. The normalized spacial score (nSPS) is 24.9. The number of likely N-dealkylation sites (tertiary alicyclic amines) is 1. The molecule has 0 aromatic heterocycles. The number of aliphatic carboxylic acids is 1. The molecule has 0 unspecified atom stereocenters. The lowest BCUT2D eigenvalue weighted by atomic mass is 10.0. The molecule has 158 valence electrons. The van der Waals surface area contributed by atoms with Crippen LogP contribution in [0.1, 0.15) is 47.0 Å². The van der Waals surface area contributed by atoms with Crippen LogP contribution in [0.25, 0.3) is 0 Å². The summed E-state index contributed by atoms with van der Waals surface area (Å²) >= 11 is 0. The van der Waals surface area contributed by atoms with Gasteiger partial charge in [-0.3, -0.25) is 19.7 Å². The van der Waals surface area contributed by atoms with Gasteiger partial charge in [0.25, 0.3) is 0 Å². The van der Waals surface area contributed by atoms with E-state index in [4.69, 9.17) is 0 Å². The molecule has 28 heavy (non-hydrogen) atoms. The smallest absolute Gasteiger partial charge is 0.326 e. The van der Waals surface area contributed by atoms with Gasteiger partial charge in [-0.1, -0.05) is 27.7 Å². The van der Waals surface area contributed by atoms with E-state index < -0.39 is 36.0 Å². The second-order valence-electron chi connectivity index (χ2n) is 8.48. The Bertz CT molecular complexity index is 621. The van der Waals surface area contributed by atoms with E-state index in [0.29, 0.717) is 38.3 Å². The quantitative estimate of drug-likeness (QED) is 0.395. The first-order valence-corrected chi connectivity index (χ1v) is 9.99. The van der Waals surface area contributed by atoms with Crippen molar-refractivity contribution in [1.82, 2.24) is 20.9 Å². The number of amides is 3. The number of nitrogens with one attached hydrogen (secondary N) is 3. The fraction of sp³-hybridized carbons (Fsp3) is 0.789. The molecule has 0 aromatic rings. The summed E-state index contributed by atoms with van der Waals surface area (Å²) in [6, 6.07) is -2.89. The van der Waals surface area contributed by atoms with Crippen molar-refractivity contribution in [3.8, 4) is 0 Å². The van der Waals surface area contributed by atoms with Gasteiger partial charge in [0.1, 0.15) is 24.2 Å². The SMILES string of the molecule is CC(C)CNC(=O)[C@H]1N[C@@H]1C(=O)N[C@@H](CC(C)C)C(=O)N1CCC[C@H]1C(=O)O. The van der Waals surface area contributed by atoms with Crippen molar-refractivity contribution in [3.05, 3.63) is 0 Å². The topological polar surface area (TPSA) is 138 Å². The summed E-state index contributed by atoms with van der Waals surface area (Å²) < 4.78 is 0. The molecule has 2 fully saturated rings. The molecule has 0 saturated carbocycles. The monoisotopic (exact) mass is 396 g/mol. The molecule has 2 heterocycles. The number of carbonyl (C=O) groups is 4. The largest absolute Gasteiger partial charge is 0.480 e. The molecule has 9 nitrogen and oxygen atoms in total. The summed E-state index contributed by atoms with van der Waals surface area (Å²) in [5, 5.41) is 17.7. The van der Waals surface area contributed by atoms with Gasteiger partial charge in [0.05, 0.1) is 0 Å². The molecular formula is C19H32N4O5. The maximum atomic E-state index is 12.9. The van der Waals surface area contributed by atoms with Crippen molar-refractivity contribution in [2.45, 2.75) is 71.1 Å². The number of carbonyl (C=O) groups excluding carboxylic acids is 3. The van der Waals surface area contributed by atoms with Crippen LogP contribution in [0.15, 0.2) is 0 Å². The Balaban J connectivity index is 1.97. The maximum Gasteiger partial charge on any atom is 0.326 e. The standard InChI is InChI=1S/C19H32N4O5/c1-10(2)8-12(18(26)23-7-5-6-13(23)19(27)28)21-17(25)15-14(22-15)16(24)20-9-11(3)4/h10-15,22H,5-9H2,1-4H3,(H,20,24)(H,21,25)(H,27,28)/t12-,13-,14-,15-/m0/s1. The molecule has 0 spiro atoms. The fourth-order valence-corrected chi connectivity index (χ4v) is 3.45. The molecule has 2 rings (SSSR count). The van der Waals surface area contributed by atoms with Crippen LogP contribution in [0.4, 0.5) is 0 Å². The zero-order valence-corrected chi connectivity index (χ0v) is 17.0. The summed E-state index contributed by atoms with van der Waals surface area (Å²) in [7, 11) is 0. The van der Waals surface area contributed by atoms with Crippen molar-refractivity contribution in [2.75, 3.05) is 13.1 Å². The van der Waals surface area contributed by atoms with Gasteiger partial charge in [0.2, 0.25) is 17.7 Å². The summed E-state index contributed by atoms with van der Waals surface area (Å²) in [5.41, 5.74) is 0. The van der Waals surface area contributed by atoms with E-state index in [1.807, 2.05) is 27.7 Å². The third-order valence-corrected chi connectivity index (χ3v) is 4.98. The summed E-state index contributed by atoms with van der Waals surface area (Å²) in [4.78, 5) is 50.3. The number of hydrogen-bond donors (Lipinski definition) is 4. The first-order valence-electron chi connectivity index (χ1n) is 9.99. The van der Waals surface area contributed by atoms with Crippen molar-refractivity contribution in [2.24, 2.45) is 11.8 Å². The van der Waals surface area contributed by atoms with E-state index in [2.05, 4.69) is 16.0 Å². The Labute approximate surface area is 165 Å². The molecule has 4 atom stereocenters. The average Bonchev–Trinajstić information content (AvgIpc) is 3.26. The number of carboxylic acid groups (broad SMARTS) is 1. The van der Waals surface area contributed by atoms with Gasteiger partial charge >= 0.3 is 5.97 Å². The minimum Gasteiger partial charge on any atom is -0.480 e. The third-order valence-electron chi connectivity index (χ3n) is 4.98. The van der Waals surface area contributed by atoms with E-state index >= 15 is 0 Å². The minimum atomic E-state index is -1.02. The molecule has 2 saturated heterocycles. The second kappa shape index (κ2) is 9.36. The molecule has 9 heteroatoms. The van der Waals surface area contributed by atoms with Crippen LogP contribution < -0.4 is 16.0 Å². The van der Waals surface area contributed by atoms with Crippen LogP contribution in [0, 0.1) is 11.8 Å². The predicted octanol–water partition coefficient (Wildman–Crippen LogP) is -0.294. The molecule has 0 radical (unpaired) electrons. The molecule has 0 aliphatic carbocycles. The van der Waals surface area contributed by atoms with Crippen molar-refractivity contribution >= 4 is 23.7 Å². The van der Waals surface area contributed by atoms with E-state index in [9.17, 15) is 24.3 Å². The van der Waals surface area contributed by atoms with Crippen LogP contribution in [-0.2, 0) is 19.2 Å². The van der Waals surface area contributed by atoms with Crippen molar-refractivity contribution in [3.63, 3.8) is 0 Å². The Morgan fingerprint density at radius 3 is 2.29 bits per heavy atom. The summed E-state index contributed by atoms with van der Waals surface area (Å²) in [6.07, 6.45) is 1.46. The van der Waals surface area contributed by atoms with Gasteiger partial charge in [0.15, 0.2) is 0 Å². The van der Waals surface area contributed by atoms with Crippen LogP contribution in [0.5, 0.6) is 0 Å². The first kappa shape index (κ1) is 22.1. The lowest BCUT2D eigenvalue weighted by Crippen LogP contribution is -2.53. The van der Waals surface area contributed by atoms with Crippen molar-refractivity contribution < 1.29 is 24.3 Å². The predicted molar refractivity (Wildman–Crippen MR) is 102 cm³/mol. The number of nitrogens with zero attached hydrogens (tertiary/aromatic N) is 1. The highest BCUT2D eigenvalue weighted by Gasteiger charge is 2.48. The van der Waals surface area contributed by atoms with Gasteiger partial charge in [-0.05, 0) is 31.1 Å². The second-order valence-corrected chi connectivity index (χ2v) is 8.48. The molecule has 4 N–H and O–H groups in total. The fourth-order valence-electron chi connectivity index (χ4n) is 3.45. The molecule has 3 amide bonds. The highest BCUT2D eigenvalue weighted by Crippen LogP contribution is 2.21. The molecule has 0 bridgehead atoms. The lowest BCUT2D eigenvalue weighted by Gasteiger charge is -2.28. The number of carboxylic acids is 1. The maximum absolute atomic E-state index is 12.9. The van der Waals surface area contributed by atoms with Crippen LogP contribution in [0.3, 0.4) is 0 Å². The highest BCUT2D eigenvalue weighted by molar-refractivity contribution is 5.99. The minimum absolute atomic E-state index is 0.137. The molecule has 2 aliphatic heterocycles. The molecule has 0 aromatic carbocycles. The number of rotatable bonds is 9. The van der Waals surface area contributed by atoms with Gasteiger partial charge < -0.3 is 20.6 Å². The summed E-state index contributed by atoms with van der Waals surface area (Å²) in [5.74, 6) is -1.58. The van der Waals surface area contributed by atoms with Gasteiger partial charge in [-0.25, -0.2) is 4.79 Å². The Kier molecular flexibility index (Phi) is 7.40. The first-order chi connectivity index (χ1) is 13.1. The van der Waals surface area contributed by atoms with E-state index in [-0.39, 0.29) is 17.7 Å². The van der Waals surface area contributed by atoms with Crippen molar-refractivity contribution in [1.29, 1.82) is 0 Å².